The molecule has 150 valence electrons. The second-order valence-electron chi connectivity index (χ2n) is 7.72. The molecule has 6 nitrogen and oxygen atoms in total. The molecule has 3 rings (SSSR count). The molecule has 0 saturated carbocycles. The molecular formula is C22H30N4O2. The van der Waals surface area contributed by atoms with Gasteiger partial charge in [-0.3, -0.25) is 14.3 Å². The molecule has 0 bridgehead atoms. The summed E-state index contributed by atoms with van der Waals surface area (Å²) in [6.45, 7) is 7.38. The molecule has 0 spiro atoms. The number of aromatic nitrogens is 2. The van der Waals surface area contributed by atoms with Crippen molar-refractivity contribution in [3.63, 3.8) is 0 Å². The Bertz CT molecular complexity index is 863. The Balaban J connectivity index is 1.47. The summed E-state index contributed by atoms with van der Waals surface area (Å²) in [6, 6.07) is 7.74. The van der Waals surface area contributed by atoms with E-state index < -0.39 is 0 Å². The van der Waals surface area contributed by atoms with Crippen LogP contribution in [0.1, 0.15) is 52.1 Å². The van der Waals surface area contributed by atoms with E-state index in [9.17, 15) is 9.59 Å². The van der Waals surface area contributed by atoms with Gasteiger partial charge >= 0.3 is 0 Å². The van der Waals surface area contributed by atoms with Crippen LogP contribution in [0.4, 0.5) is 0 Å². The molecule has 1 N–H and O–H groups in total. The lowest BCUT2D eigenvalue weighted by atomic mass is 10.0. The standard InChI is InChI=1S/C22H30N4O2/c1-15-7-5-6-8-19(15)22(28)23-18-11-13-26(14-12-18)21(27)10-9-20-16(2)24-25(4)17(20)3/h5-8,18H,9-14H2,1-4H3,(H,23,28). The van der Waals surface area contributed by atoms with Gasteiger partial charge in [0, 0.05) is 43.9 Å². The summed E-state index contributed by atoms with van der Waals surface area (Å²) in [5.41, 5.74) is 5.02. The van der Waals surface area contributed by atoms with Gasteiger partial charge in [-0.15, -0.1) is 0 Å². The normalized spacial score (nSPS) is 14.9. The van der Waals surface area contributed by atoms with Gasteiger partial charge in [-0.05, 0) is 57.2 Å². The number of likely N-dealkylation sites (tertiary alicyclic amines) is 1. The molecule has 0 unspecified atom stereocenters. The molecule has 2 aromatic rings. The highest BCUT2D eigenvalue weighted by molar-refractivity contribution is 5.95. The minimum Gasteiger partial charge on any atom is -0.349 e. The molecule has 1 saturated heterocycles. The van der Waals surface area contributed by atoms with Crippen molar-refractivity contribution in [2.75, 3.05) is 13.1 Å². The number of nitrogens with one attached hydrogen (secondary N) is 1. The highest BCUT2D eigenvalue weighted by Gasteiger charge is 2.24. The van der Waals surface area contributed by atoms with E-state index in [0.29, 0.717) is 19.5 Å². The number of hydrogen-bond acceptors (Lipinski definition) is 3. The maximum atomic E-state index is 12.6. The Labute approximate surface area is 166 Å². The fourth-order valence-electron chi connectivity index (χ4n) is 3.93. The van der Waals surface area contributed by atoms with Gasteiger partial charge in [0.25, 0.3) is 5.91 Å². The topological polar surface area (TPSA) is 67.2 Å². The third-order valence-electron chi connectivity index (χ3n) is 5.82. The zero-order valence-corrected chi connectivity index (χ0v) is 17.3. The third-order valence-corrected chi connectivity index (χ3v) is 5.82. The minimum absolute atomic E-state index is 0.0228. The van der Waals surface area contributed by atoms with E-state index in [1.54, 1.807) is 0 Å². The monoisotopic (exact) mass is 382 g/mol. The van der Waals surface area contributed by atoms with Gasteiger partial charge in [-0.2, -0.15) is 5.10 Å². The smallest absolute Gasteiger partial charge is 0.251 e. The van der Waals surface area contributed by atoms with Crippen LogP contribution in [0.25, 0.3) is 0 Å². The summed E-state index contributed by atoms with van der Waals surface area (Å²) in [4.78, 5) is 27.0. The molecule has 1 aromatic heterocycles. The molecule has 1 aliphatic rings. The van der Waals surface area contributed by atoms with E-state index in [1.165, 1.54) is 5.56 Å². The SMILES string of the molecule is Cc1ccccc1C(=O)NC1CCN(C(=O)CCc2c(C)nn(C)c2C)CC1. The molecule has 1 fully saturated rings. The van der Waals surface area contributed by atoms with E-state index in [1.807, 2.05) is 61.7 Å². The average molecular weight is 383 g/mol. The number of carbonyl (C=O) groups is 2. The molecule has 1 aliphatic heterocycles. The van der Waals surface area contributed by atoms with Crippen molar-refractivity contribution >= 4 is 11.8 Å². The first-order valence-corrected chi connectivity index (χ1v) is 10.00. The van der Waals surface area contributed by atoms with Gasteiger partial charge in [-0.1, -0.05) is 18.2 Å². The van der Waals surface area contributed by atoms with Crippen LogP contribution in [0.15, 0.2) is 24.3 Å². The van der Waals surface area contributed by atoms with Crippen molar-refractivity contribution in [3.05, 3.63) is 52.3 Å². The number of nitrogens with zero attached hydrogens (tertiary/aromatic N) is 3. The zero-order chi connectivity index (χ0) is 20.3. The maximum absolute atomic E-state index is 12.6. The Morgan fingerprint density at radius 2 is 1.82 bits per heavy atom. The molecular weight excluding hydrogens is 352 g/mol. The fraction of sp³-hybridized carbons (Fsp3) is 0.500. The van der Waals surface area contributed by atoms with Crippen LogP contribution in [-0.4, -0.2) is 45.6 Å². The van der Waals surface area contributed by atoms with Gasteiger partial charge in [0.15, 0.2) is 0 Å². The largest absolute Gasteiger partial charge is 0.349 e. The van der Waals surface area contributed by atoms with Gasteiger partial charge < -0.3 is 10.2 Å². The van der Waals surface area contributed by atoms with Gasteiger partial charge in [-0.25, -0.2) is 0 Å². The van der Waals surface area contributed by atoms with Crippen LogP contribution in [0, 0.1) is 20.8 Å². The minimum atomic E-state index is -0.0228. The fourth-order valence-corrected chi connectivity index (χ4v) is 3.93. The highest BCUT2D eigenvalue weighted by atomic mass is 16.2. The molecule has 28 heavy (non-hydrogen) atoms. The van der Waals surface area contributed by atoms with Crippen molar-refractivity contribution in [1.82, 2.24) is 20.0 Å². The van der Waals surface area contributed by atoms with E-state index in [0.717, 1.165) is 41.8 Å². The van der Waals surface area contributed by atoms with Crippen molar-refractivity contribution in [1.29, 1.82) is 0 Å². The summed E-state index contributed by atoms with van der Waals surface area (Å²) in [5.74, 6) is 0.164. The van der Waals surface area contributed by atoms with E-state index in [2.05, 4.69) is 10.4 Å². The molecule has 0 atom stereocenters. The van der Waals surface area contributed by atoms with Crippen molar-refractivity contribution in [3.8, 4) is 0 Å². The van der Waals surface area contributed by atoms with E-state index >= 15 is 0 Å². The first-order valence-electron chi connectivity index (χ1n) is 10.00. The second kappa shape index (κ2) is 8.59. The van der Waals surface area contributed by atoms with E-state index in [-0.39, 0.29) is 17.9 Å². The molecule has 2 heterocycles. The second-order valence-corrected chi connectivity index (χ2v) is 7.72. The van der Waals surface area contributed by atoms with Crippen LogP contribution in [0.3, 0.4) is 0 Å². The summed E-state index contributed by atoms with van der Waals surface area (Å²) in [7, 11) is 1.93. The molecule has 6 heteroatoms. The van der Waals surface area contributed by atoms with Crippen molar-refractivity contribution < 1.29 is 9.59 Å². The summed E-state index contributed by atoms with van der Waals surface area (Å²) < 4.78 is 1.87. The Kier molecular flexibility index (Phi) is 6.17. The van der Waals surface area contributed by atoms with Crippen LogP contribution in [0.5, 0.6) is 0 Å². The van der Waals surface area contributed by atoms with Crippen LogP contribution in [0.2, 0.25) is 0 Å². The number of hydrogen-bond donors (Lipinski definition) is 1. The highest BCUT2D eigenvalue weighted by Crippen LogP contribution is 2.17. The number of amides is 2. The number of rotatable bonds is 5. The first-order chi connectivity index (χ1) is 13.4. The lowest BCUT2D eigenvalue weighted by molar-refractivity contribution is -0.132. The molecule has 2 amide bonds. The zero-order valence-electron chi connectivity index (χ0n) is 17.3. The average Bonchev–Trinajstić information content (AvgIpc) is 2.92. The summed E-state index contributed by atoms with van der Waals surface area (Å²) >= 11 is 0. The van der Waals surface area contributed by atoms with Crippen LogP contribution >= 0.6 is 0 Å². The Morgan fingerprint density at radius 3 is 2.43 bits per heavy atom. The third kappa shape index (κ3) is 4.43. The summed E-state index contributed by atoms with van der Waals surface area (Å²) in [5, 5.41) is 7.54. The Hall–Kier alpha value is -2.63. The number of aryl methyl sites for hydroxylation is 3. The Morgan fingerprint density at radius 1 is 1.14 bits per heavy atom. The quantitative estimate of drug-likeness (QED) is 0.865. The van der Waals surface area contributed by atoms with E-state index in [4.69, 9.17) is 0 Å². The molecule has 0 radical (unpaired) electrons. The van der Waals surface area contributed by atoms with Gasteiger partial charge in [0.1, 0.15) is 0 Å². The van der Waals surface area contributed by atoms with Gasteiger partial charge in [0.2, 0.25) is 5.91 Å². The lowest BCUT2D eigenvalue weighted by Gasteiger charge is -2.32. The maximum Gasteiger partial charge on any atom is 0.251 e. The molecule has 0 aliphatic carbocycles. The van der Waals surface area contributed by atoms with Crippen LogP contribution < -0.4 is 5.32 Å². The number of benzene rings is 1. The molecule has 1 aromatic carbocycles. The van der Waals surface area contributed by atoms with Crippen LogP contribution in [-0.2, 0) is 18.3 Å². The van der Waals surface area contributed by atoms with Crippen molar-refractivity contribution in [2.24, 2.45) is 7.05 Å². The summed E-state index contributed by atoms with van der Waals surface area (Å²) in [6.07, 6.45) is 2.84. The first kappa shape index (κ1) is 20.1. The van der Waals surface area contributed by atoms with Crippen molar-refractivity contribution in [2.45, 2.75) is 52.5 Å². The number of piperidine rings is 1. The number of carbonyl (C=O) groups excluding carboxylic acids is 2. The predicted octanol–water partition coefficient (Wildman–Crippen LogP) is 2.70. The lowest BCUT2D eigenvalue weighted by Crippen LogP contribution is -2.46. The predicted molar refractivity (Wildman–Crippen MR) is 109 cm³/mol. The van der Waals surface area contributed by atoms with Gasteiger partial charge in [0.05, 0.1) is 5.69 Å².